The second-order valence-corrected chi connectivity index (χ2v) is 8.15. The zero-order valence-electron chi connectivity index (χ0n) is 17.9. The number of allylic oxidation sites excluding steroid dienone is 1. The number of carboxylic acid groups (broad SMARTS) is 1. The van der Waals surface area contributed by atoms with Crippen LogP contribution in [-0.4, -0.2) is 28.2 Å². The third-order valence-corrected chi connectivity index (χ3v) is 4.74. The summed E-state index contributed by atoms with van der Waals surface area (Å²) in [7, 11) is 1.14. The first kappa shape index (κ1) is 24.5. The molecule has 0 aliphatic rings. The number of carboxylic acids is 1. The predicted octanol–water partition coefficient (Wildman–Crippen LogP) is 4.97. The molecular formula is C22H24F4N2O3. The van der Waals surface area contributed by atoms with Crippen LogP contribution in [0.4, 0.5) is 17.6 Å². The maximum atomic E-state index is 14.3. The van der Waals surface area contributed by atoms with Gasteiger partial charge in [0.05, 0.1) is 17.7 Å². The minimum atomic E-state index is -1.53. The number of methoxy groups -OCH3 is 1. The van der Waals surface area contributed by atoms with Gasteiger partial charge in [-0.1, -0.05) is 26.3 Å². The molecule has 0 saturated heterocycles. The Balaban J connectivity index is 2.39. The van der Waals surface area contributed by atoms with Crippen molar-refractivity contribution in [3.05, 3.63) is 63.8 Å². The number of aliphatic carboxylic acids is 1. The van der Waals surface area contributed by atoms with Crippen molar-refractivity contribution in [2.45, 2.75) is 52.6 Å². The molecule has 0 fully saturated rings. The number of hydrogen-bond acceptors (Lipinski definition) is 4. The van der Waals surface area contributed by atoms with Crippen LogP contribution in [0.2, 0.25) is 0 Å². The van der Waals surface area contributed by atoms with Crippen LogP contribution in [0.1, 0.15) is 56.6 Å². The molecule has 2 aromatic rings. The van der Waals surface area contributed by atoms with Crippen molar-refractivity contribution in [3.63, 3.8) is 0 Å². The van der Waals surface area contributed by atoms with Gasteiger partial charge in [-0.15, -0.1) is 0 Å². The lowest BCUT2D eigenvalue weighted by molar-refractivity contribution is -0.130. The van der Waals surface area contributed by atoms with E-state index >= 15 is 0 Å². The Morgan fingerprint density at radius 2 is 1.48 bits per heavy atom. The molecule has 9 heteroatoms. The summed E-state index contributed by atoms with van der Waals surface area (Å²) in [5, 5.41) is 9.62. The third-order valence-electron chi connectivity index (χ3n) is 4.74. The fourth-order valence-corrected chi connectivity index (χ4v) is 3.05. The molecule has 1 N–H and O–H groups in total. The molecule has 5 nitrogen and oxygen atoms in total. The van der Waals surface area contributed by atoms with Crippen molar-refractivity contribution in [1.82, 2.24) is 9.97 Å². The van der Waals surface area contributed by atoms with Gasteiger partial charge in [-0.2, -0.15) is 0 Å². The SMILES string of the molecule is COCc1c(F)c(F)c(CCC(C)=C(C(=O)O)c2cnc(C(C)(C)C)nc2)c(F)c1F. The second kappa shape index (κ2) is 9.55. The van der Waals surface area contributed by atoms with Crippen LogP contribution >= 0.6 is 0 Å². The van der Waals surface area contributed by atoms with E-state index in [4.69, 9.17) is 0 Å². The molecule has 0 aliphatic carbocycles. The Hall–Kier alpha value is -2.81. The highest BCUT2D eigenvalue weighted by Crippen LogP contribution is 2.28. The molecular weight excluding hydrogens is 416 g/mol. The Bertz CT molecular complexity index is 984. The van der Waals surface area contributed by atoms with Gasteiger partial charge in [-0.3, -0.25) is 0 Å². The first-order chi connectivity index (χ1) is 14.4. The van der Waals surface area contributed by atoms with Crippen molar-refractivity contribution in [2.24, 2.45) is 0 Å². The van der Waals surface area contributed by atoms with E-state index in [0.717, 1.165) is 7.11 Å². The van der Waals surface area contributed by atoms with Crippen molar-refractivity contribution in [3.8, 4) is 0 Å². The molecule has 0 spiro atoms. The molecule has 0 bridgehead atoms. The quantitative estimate of drug-likeness (QED) is 0.374. The highest BCUT2D eigenvalue weighted by atomic mass is 19.2. The molecule has 1 aromatic heterocycles. The van der Waals surface area contributed by atoms with Crippen LogP contribution in [-0.2, 0) is 28.0 Å². The van der Waals surface area contributed by atoms with Crippen molar-refractivity contribution in [1.29, 1.82) is 0 Å². The topological polar surface area (TPSA) is 72.3 Å². The monoisotopic (exact) mass is 440 g/mol. The largest absolute Gasteiger partial charge is 0.478 e. The van der Waals surface area contributed by atoms with Crippen LogP contribution < -0.4 is 0 Å². The summed E-state index contributed by atoms with van der Waals surface area (Å²) in [5.74, 6) is -6.85. The molecule has 0 saturated carbocycles. The molecule has 0 aliphatic heterocycles. The van der Waals surface area contributed by atoms with E-state index in [9.17, 15) is 27.5 Å². The lowest BCUT2D eigenvalue weighted by Crippen LogP contribution is -2.16. The Labute approximate surface area is 177 Å². The molecule has 0 atom stereocenters. The average molecular weight is 440 g/mol. The molecule has 1 aromatic carbocycles. The third kappa shape index (κ3) is 5.28. The van der Waals surface area contributed by atoms with Crippen molar-refractivity contribution in [2.75, 3.05) is 7.11 Å². The molecule has 1 heterocycles. The number of rotatable bonds is 7. The normalized spacial score (nSPS) is 12.7. The maximum absolute atomic E-state index is 14.3. The minimum Gasteiger partial charge on any atom is -0.478 e. The van der Waals surface area contributed by atoms with E-state index in [-0.39, 0.29) is 28.5 Å². The summed E-state index contributed by atoms with van der Waals surface area (Å²) in [6.45, 7) is 6.54. The zero-order chi connectivity index (χ0) is 23.5. The van der Waals surface area contributed by atoms with Gasteiger partial charge in [0, 0.05) is 36.0 Å². The van der Waals surface area contributed by atoms with E-state index < -0.39 is 53.4 Å². The summed E-state index contributed by atoms with van der Waals surface area (Å²) in [6, 6.07) is 0. The Morgan fingerprint density at radius 1 is 1.00 bits per heavy atom. The smallest absolute Gasteiger partial charge is 0.336 e. The highest BCUT2D eigenvalue weighted by molar-refractivity contribution is 6.16. The number of ether oxygens (including phenoxy) is 1. The van der Waals surface area contributed by atoms with Crippen molar-refractivity contribution >= 4 is 11.5 Å². The fourth-order valence-electron chi connectivity index (χ4n) is 3.05. The van der Waals surface area contributed by atoms with Crippen LogP contribution in [0.25, 0.3) is 5.57 Å². The molecule has 0 radical (unpaired) electrons. The number of halogens is 4. The number of hydrogen-bond donors (Lipinski definition) is 1. The zero-order valence-corrected chi connectivity index (χ0v) is 17.9. The average Bonchev–Trinajstić information content (AvgIpc) is 2.69. The van der Waals surface area contributed by atoms with E-state index in [1.165, 1.54) is 19.3 Å². The number of carbonyl (C=O) groups is 1. The Morgan fingerprint density at radius 3 is 1.90 bits per heavy atom. The van der Waals surface area contributed by atoms with Crippen LogP contribution in [0.3, 0.4) is 0 Å². The van der Waals surface area contributed by atoms with Gasteiger partial charge in [0.25, 0.3) is 0 Å². The van der Waals surface area contributed by atoms with Gasteiger partial charge in [-0.05, 0) is 19.8 Å². The molecule has 31 heavy (non-hydrogen) atoms. The predicted molar refractivity (Wildman–Crippen MR) is 106 cm³/mol. The summed E-state index contributed by atoms with van der Waals surface area (Å²) >= 11 is 0. The summed E-state index contributed by atoms with van der Waals surface area (Å²) in [4.78, 5) is 20.2. The van der Waals surface area contributed by atoms with Gasteiger partial charge in [0.15, 0.2) is 23.3 Å². The first-order valence-electron chi connectivity index (χ1n) is 9.48. The molecule has 2 rings (SSSR count). The highest BCUT2D eigenvalue weighted by Gasteiger charge is 2.26. The summed E-state index contributed by atoms with van der Waals surface area (Å²) < 4.78 is 61.5. The maximum Gasteiger partial charge on any atom is 0.336 e. The molecule has 168 valence electrons. The van der Waals surface area contributed by atoms with Gasteiger partial charge >= 0.3 is 5.97 Å². The lowest BCUT2D eigenvalue weighted by Gasteiger charge is -2.16. The Kier molecular flexibility index (Phi) is 7.54. The van der Waals surface area contributed by atoms with Crippen LogP contribution in [0.15, 0.2) is 18.0 Å². The minimum absolute atomic E-state index is 0.141. The number of aromatic nitrogens is 2. The summed E-state index contributed by atoms with van der Waals surface area (Å²) in [6.07, 6.45) is 2.13. The lowest BCUT2D eigenvalue weighted by atomic mass is 9.94. The van der Waals surface area contributed by atoms with E-state index in [1.807, 2.05) is 20.8 Å². The number of nitrogens with zero attached hydrogens (tertiary/aromatic N) is 2. The van der Waals surface area contributed by atoms with Gasteiger partial charge in [0.1, 0.15) is 5.82 Å². The summed E-state index contributed by atoms with van der Waals surface area (Å²) in [5.41, 5.74) is -1.64. The van der Waals surface area contributed by atoms with E-state index in [2.05, 4.69) is 14.7 Å². The molecule has 0 amide bonds. The van der Waals surface area contributed by atoms with Crippen LogP contribution in [0.5, 0.6) is 0 Å². The van der Waals surface area contributed by atoms with E-state index in [1.54, 1.807) is 0 Å². The molecule has 0 unspecified atom stereocenters. The second-order valence-electron chi connectivity index (χ2n) is 8.15. The van der Waals surface area contributed by atoms with Crippen LogP contribution in [0, 0.1) is 23.3 Å². The van der Waals surface area contributed by atoms with Gasteiger partial charge in [0.2, 0.25) is 0 Å². The first-order valence-corrected chi connectivity index (χ1v) is 9.48. The number of benzene rings is 1. The van der Waals surface area contributed by atoms with Gasteiger partial charge in [-0.25, -0.2) is 32.3 Å². The fraction of sp³-hybridized carbons (Fsp3) is 0.409. The van der Waals surface area contributed by atoms with Crippen molar-refractivity contribution < 1.29 is 32.2 Å². The van der Waals surface area contributed by atoms with Gasteiger partial charge < -0.3 is 9.84 Å². The van der Waals surface area contributed by atoms with E-state index in [0.29, 0.717) is 5.82 Å². The standard InChI is InChI=1S/C22H24F4N2O3/c1-11(15(20(29)30)12-8-27-21(28-9-12)22(2,3)4)6-7-13-16(23)18(25)14(10-31-5)19(26)17(13)24/h8-9H,6-7,10H2,1-5H3,(H,29,30).